The molecule has 0 spiro atoms. The van der Waals surface area contributed by atoms with Crippen LogP contribution in [0.4, 0.5) is 0 Å². The average Bonchev–Trinajstić information content (AvgIpc) is 3.28. The zero-order chi connectivity index (χ0) is 18.6. The molecule has 8 heteroatoms. The Kier molecular flexibility index (Phi) is 5.22. The van der Waals surface area contributed by atoms with Crippen molar-refractivity contribution in [3.05, 3.63) is 63.0 Å². The summed E-state index contributed by atoms with van der Waals surface area (Å²) in [4.78, 5) is 12.6. The number of halogens is 1. The largest absolute Gasteiger partial charge is 0.359 e. The van der Waals surface area contributed by atoms with E-state index in [1.165, 1.54) is 17.8 Å². The van der Waals surface area contributed by atoms with E-state index in [4.69, 9.17) is 16.1 Å². The highest BCUT2D eigenvalue weighted by molar-refractivity contribution is 7.17. The minimum absolute atomic E-state index is 0.185. The summed E-state index contributed by atoms with van der Waals surface area (Å²) < 4.78 is 5.91. The molecule has 0 radical (unpaired) electrons. The smallest absolute Gasteiger partial charge is 0.261 e. The first-order valence-electron chi connectivity index (χ1n) is 8.56. The number of carbonyl (C=O) groups excluding carboxylic acids is 1. The average molecular weight is 401 g/mol. The van der Waals surface area contributed by atoms with Crippen molar-refractivity contribution in [1.29, 1.82) is 0 Å². The summed E-state index contributed by atoms with van der Waals surface area (Å²) >= 11 is 7.09. The second kappa shape index (κ2) is 7.94. The summed E-state index contributed by atoms with van der Waals surface area (Å²) in [6.07, 6.45) is 3.08. The Balaban J connectivity index is 1.35. The van der Waals surface area contributed by atoms with Crippen LogP contribution in [0.3, 0.4) is 0 Å². The molecule has 4 rings (SSSR count). The zero-order valence-electron chi connectivity index (χ0n) is 14.4. The molecular formula is C19H17ClN4O2S. The van der Waals surface area contributed by atoms with E-state index in [1.807, 2.05) is 41.6 Å². The van der Waals surface area contributed by atoms with Crippen molar-refractivity contribution in [2.75, 3.05) is 13.1 Å². The monoisotopic (exact) mass is 400 g/mol. The van der Waals surface area contributed by atoms with E-state index < -0.39 is 0 Å². The number of thiophene rings is 1. The highest BCUT2D eigenvalue weighted by atomic mass is 35.5. The van der Waals surface area contributed by atoms with Gasteiger partial charge >= 0.3 is 0 Å². The van der Waals surface area contributed by atoms with Gasteiger partial charge in [0.25, 0.3) is 5.91 Å². The number of nitrogens with one attached hydrogen (secondary N) is 1. The Morgan fingerprint density at radius 1 is 1.30 bits per heavy atom. The fraction of sp³-hybridized carbons (Fsp3) is 0.211. The molecular weight excluding hydrogens is 384 g/mol. The number of rotatable bonds is 6. The van der Waals surface area contributed by atoms with Crippen LogP contribution >= 0.6 is 22.9 Å². The molecule has 0 unspecified atom stereocenters. The first kappa shape index (κ1) is 17.8. The zero-order valence-corrected chi connectivity index (χ0v) is 16.0. The van der Waals surface area contributed by atoms with Gasteiger partial charge in [0.2, 0.25) is 0 Å². The van der Waals surface area contributed by atoms with Crippen LogP contribution in [0.15, 0.2) is 52.1 Å². The number of nitrogens with zero attached hydrogens (tertiary/aromatic N) is 3. The molecule has 1 saturated heterocycles. The molecule has 0 atom stereocenters. The van der Waals surface area contributed by atoms with E-state index in [-0.39, 0.29) is 12.5 Å². The molecule has 0 aliphatic carbocycles. The lowest BCUT2D eigenvalue weighted by Crippen LogP contribution is -2.32. The first-order valence-corrected chi connectivity index (χ1v) is 9.75. The van der Waals surface area contributed by atoms with Crippen LogP contribution in [0.25, 0.3) is 11.3 Å². The number of aromatic nitrogens is 1. The molecule has 3 heterocycles. The van der Waals surface area contributed by atoms with Crippen molar-refractivity contribution in [3.63, 3.8) is 0 Å². The van der Waals surface area contributed by atoms with Crippen LogP contribution in [-0.2, 0) is 6.54 Å². The van der Waals surface area contributed by atoms with E-state index in [2.05, 4.69) is 15.6 Å². The molecule has 138 valence electrons. The summed E-state index contributed by atoms with van der Waals surface area (Å²) in [5.74, 6) is 0.403. The lowest BCUT2D eigenvalue weighted by Gasteiger charge is -2.27. The maximum atomic E-state index is 12.0. The number of carbonyl (C=O) groups is 1. The van der Waals surface area contributed by atoms with Crippen LogP contribution in [0, 0.1) is 0 Å². The SMILES string of the molecule is O=C(NCc1cc(-c2ccc(C=NN3CCC3)cc2)no1)c1ccc(Cl)s1. The highest BCUT2D eigenvalue weighted by Gasteiger charge is 2.12. The Morgan fingerprint density at radius 3 is 2.78 bits per heavy atom. The third-order valence-corrected chi connectivity index (χ3v) is 5.42. The van der Waals surface area contributed by atoms with E-state index in [9.17, 15) is 4.79 Å². The lowest BCUT2D eigenvalue weighted by molar-refractivity contribution is 0.0951. The predicted molar refractivity (Wildman–Crippen MR) is 106 cm³/mol. The number of hydrogen-bond acceptors (Lipinski definition) is 6. The molecule has 1 N–H and O–H groups in total. The van der Waals surface area contributed by atoms with Gasteiger partial charge in [-0.05, 0) is 24.1 Å². The topological polar surface area (TPSA) is 70.7 Å². The van der Waals surface area contributed by atoms with E-state index in [0.29, 0.717) is 15.0 Å². The predicted octanol–water partition coefficient (Wildman–Crippen LogP) is 4.03. The van der Waals surface area contributed by atoms with Crippen LogP contribution in [-0.4, -0.2) is 35.4 Å². The lowest BCUT2D eigenvalue weighted by atomic mass is 10.1. The summed E-state index contributed by atoms with van der Waals surface area (Å²) in [6, 6.07) is 13.2. The van der Waals surface area contributed by atoms with Crippen molar-refractivity contribution < 1.29 is 9.32 Å². The quantitative estimate of drug-likeness (QED) is 0.634. The van der Waals surface area contributed by atoms with Gasteiger partial charge in [-0.2, -0.15) is 5.10 Å². The number of amides is 1. The van der Waals surface area contributed by atoms with Gasteiger partial charge in [0.15, 0.2) is 5.76 Å². The van der Waals surface area contributed by atoms with Crippen molar-refractivity contribution in [1.82, 2.24) is 15.5 Å². The molecule has 1 aliphatic rings. The molecule has 27 heavy (non-hydrogen) atoms. The minimum Gasteiger partial charge on any atom is -0.359 e. The van der Waals surface area contributed by atoms with E-state index >= 15 is 0 Å². The van der Waals surface area contributed by atoms with Gasteiger partial charge in [0, 0.05) is 24.7 Å². The molecule has 3 aromatic rings. The molecule has 2 aromatic heterocycles. The summed E-state index contributed by atoms with van der Waals surface area (Å²) in [5.41, 5.74) is 2.71. The molecule has 1 fully saturated rings. The van der Waals surface area contributed by atoms with Gasteiger partial charge in [-0.15, -0.1) is 11.3 Å². The molecule has 1 aliphatic heterocycles. The summed E-state index contributed by atoms with van der Waals surface area (Å²) in [7, 11) is 0. The normalized spacial score (nSPS) is 13.7. The summed E-state index contributed by atoms with van der Waals surface area (Å²) in [5, 5.41) is 13.3. The molecule has 6 nitrogen and oxygen atoms in total. The number of benzene rings is 1. The maximum Gasteiger partial charge on any atom is 0.261 e. The molecule has 0 saturated carbocycles. The fourth-order valence-electron chi connectivity index (χ4n) is 2.53. The third-order valence-electron chi connectivity index (χ3n) is 4.19. The summed E-state index contributed by atoms with van der Waals surface area (Å²) in [6.45, 7) is 2.33. The van der Waals surface area contributed by atoms with Crippen molar-refractivity contribution >= 4 is 35.1 Å². The van der Waals surface area contributed by atoms with Crippen LogP contribution in [0.5, 0.6) is 0 Å². The standard InChI is InChI=1S/C19H17ClN4O2S/c20-18-7-6-17(27-18)19(25)21-12-15-10-16(23-26-15)14-4-2-13(3-5-14)11-22-24-8-1-9-24/h2-7,10-11H,1,8-9,12H2,(H,21,25). The molecule has 1 amide bonds. The maximum absolute atomic E-state index is 12.0. The van der Waals surface area contributed by atoms with Gasteiger partial charge in [-0.3, -0.25) is 9.80 Å². The minimum atomic E-state index is -0.185. The number of hydrazone groups is 1. The highest BCUT2D eigenvalue weighted by Crippen LogP contribution is 2.22. The second-order valence-corrected chi connectivity index (χ2v) is 7.85. The van der Waals surface area contributed by atoms with Crippen LogP contribution < -0.4 is 5.32 Å². The number of hydrogen-bond donors (Lipinski definition) is 1. The van der Waals surface area contributed by atoms with Crippen LogP contribution in [0.1, 0.15) is 27.4 Å². The van der Waals surface area contributed by atoms with Crippen molar-refractivity contribution in [2.24, 2.45) is 5.10 Å². The Labute approximate surface area is 165 Å². The van der Waals surface area contributed by atoms with E-state index in [0.717, 1.165) is 29.9 Å². The van der Waals surface area contributed by atoms with Gasteiger partial charge in [-0.25, -0.2) is 0 Å². The second-order valence-electron chi connectivity index (χ2n) is 6.14. The van der Waals surface area contributed by atoms with Crippen molar-refractivity contribution in [3.8, 4) is 11.3 Å². The van der Waals surface area contributed by atoms with Crippen LogP contribution in [0.2, 0.25) is 4.34 Å². The fourth-order valence-corrected chi connectivity index (χ4v) is 3.49. The van der Waals surface area contributed by atoms with Gasteiger partial charge in [-0.1, -0.05) is 41.0 Å². The Morgan fingerprint density at radius 2 is 2.11 bits per heavy atom. The molecule has 0 bridgehead atoms. The van der Waals surface area contributed by atoms with Gasteiger partial charge in [0.1, 0.15) is 5.69 Å². The third kappa shape index (κ3) is 4.37. The molecule has 1 aromatic carbocycles. The Hall–Kier alpha value is -2.64. The first-order chi connectivity index (χ1) is 13.2. The van der Waals surface area contributed by atoms with Crippen molar-refractivity contribution in [2.45, 2.75) is 13.0 Å². The van der Waals surface area contributed by atoms with E-state index in [1.54, 1.807) is 12.1 Å². The Bertz CT molecular complexity index is 960. The van der Waals surface area contributed by atoms with Gasteiger partial charge < -0.3 is 9.84 Å². The van der Waals surface area contributed by atoms with Gasteiger partial charge in [0.05, 0.1) is 22.0 Å².